The van der Waals surface area contributed by atoms with Crippen LogP contribution in [0.25, 0.3) is 0 Å². The minimum atomic E-state index is -0.0230. The largest absolute Gasteiger partial charge is 0.351 e. The minimum absolute atomic E-state index is 0.0230. The minimum Gasteiger partial charge on any atom is -0.351 e. The van der Waals surface area contributed by atoms with Crippen LogP contribution in [-0.2, 0) is 16.1 Å². The Hall–Kier alpha value is -1.34. The predicted molar refractivity (Wildman–Crippen MR) is 116 cm³/mol. The van der Waals surface area contributed by atoms with E-state index in [-0.39, 0.29) is 11.8 Å². The first-order chi connectivity index (χ1) is 14.0. The number of nitrogens with zero attached hydrogens (tertiary/aromatic N) is 3. The quantitative estimate of drug-likeness (QED) is 0.738. The monoisotopic (exact) mass is 440 g/mol. The molecule has 0 aliphatic carbocycles. The maximum atomic E-state index is 12.5. The molecule has 0 atom stereocenters. The first-order valence-corrected chi connectivity index (χ1v) is 11.2. The number of halogens is 2. The van der Waals surface area contributed by atoms with Crippen molar-refractivity contribution < 1.29 is 9.59 Å². The second-order valence-electron chi connectivity index (χ2n) is 7.86. The average molecular weight is 441 g/mol. The van der Waals surface area contributed by atoms with Gasteiger partial charge in [0.1, 0.15) is 0 Å². The summed E-state index contributed by atoms with van der Waals surface area (Å²) in [7, 11) is 0. The summed E-state index contributed by atoms with van der Waals surface area (Å²) in [6, 6.07) is 5.27. The van der Waals surface area contributed by atoms with E-state index in [1.807, 2.05) is 11.0 Å². The maximum absolute atomic E-state index is 12.5. The highest BCUT2D eigenvalue weighted by Crippen LogP contribution is 2.20. The fraction of sp³-hybridized carbons (Fsp3) is 0.619. The Kier molecular flexibility index (Phi) is 8.60. The van der Waals surface area contributed by atoms with Crippen molar-refractivity contribution in [2.45, 2.75) is 32.2 Å². The Morgan fingerprint density at radius 3 is 2.10 bits per heavy atom. The standard InChI is InChI=1S/C21H30Cl2N4O2/c22-18-6-5-17(19(23)13-18)14-24-20(28)15-25-9-11-26(12-10-25)16-21(29)27-7-3-1-2-4-8-27/h5-6,13H,1-4,7-12,14-16H2,(H,24,28). The third kappa shape index (κ3) is 7.14. The molecule has 160 valence electrons. The van der Waals surface area contributed by atoms with Crippen LogP contribution in [0.5, 0.6) is 0 Å². The number of benzene rings is 1. The van der Waals surface area contributed by atoms with Gasteiger partial charge in [-0.05, 0) is 30.5 Å². The lowest BCUT2D eigenvalue weighted by Gasteiger charge is -2.35. The highest BCUT2D eigenvalue weighted by atomic mass is 35.5. The van der Waals surface area contributed by atoms with Crippen molar-refractivity contribution in [1.29, 1.82) is 0 Å². The molecule has 1 aromatic rings. The zero-order chi connectivity index (χ0) is 20.6. The third-order valence-corrected chi connectivity index (χ3v) is 6.23. The SMILES string of the molecule is O=C(CN1CCN(CC(=O)N2CCCCCC2)CC1)NCc1ccc(Cl)cc1Cl. The summed E-state index contributed by atoms with van der Waals surface area (Å²) in [5, 5.41) is 4.05. The van der Waals surface area contributed by atoms with Crippen molar-refractivity contribution in [1.82, 2.24) is 20.0 Å². The maximum Gasteiger partial charge on any atom is 0.236 e. The number of likely N-dealkylation sites (tertiary alicyclic amines) is 1. The molecule has 2 heterocycles. The first kappa shape index (κ1) is 22.3. The number of hydrogen-bond acceptors (Lipinski definition) is 4. The fourth-order valence-corrected chi connectivity index (χ4v) is 4.31. The lowest BCUT2D eigenvalue weighted by atomic mass is 10.2. The van der Waals surface area contributed by atoms with Crippen LogP contribution in [0.2, 0.25) is 10.0 Å². The van der Waals surface area contributed by atoms with Gasteiger partial charge in [0, 0.05) is 55.9 Å². The van der Waals surface area contributed by atoms with E-state index in [0.717, 1.165) is 57.7 Å². The number of carbonyl (C=O) groups is 2. The van der Waals surface area contributed by atoms with E-state index in [2.05, 4.69) is 15.1 Å². The van der Waals surface area contributed by atoms with Crippen LogP contribution in [0.3, 0.4) is 0 Å². The van der Waals surface area contributed by atoms with Gasteiger partial charge in [0.05, 0.1) is 13.1 Å². The molecular weight excluding hydrogens is 411 g/mol. The van der Waals surface area contributed by atoms with Gasteiger partial charge in [-0.3, -0.25) is 19.4 Å². The van der Waals surface area contributed by atoms with Crippen molar-refractivity contribution in [2.75, 3.05) is 52.4 Å². The number of nitrogens with one attached hydrogen (secondary N) is 1. The summed E-state index contributed by atoms with van der Waals surface area (Å²) in [6.07, 6.45) is 4.70. The topological polar surface area (TPSA) is 55.9 Å². The number of carbonyl (C=O) groups excluding carboxylic acids is 2. The molecule has 0 aromatic heterocycles. The smallest absolute Gasteiger partial charge is 0.236 e. The molecule has 2 aliphatic heterocycles. The van der Waals surface area contributed by atoms with Gasteiger partial charge in [-0.2, -0.15) is 0 Å². The van der Waals surface area contributed by atoms with Gasteiger partial charge in [-0.25, -0.2) is 0 Å². The van der Waals surface area contributed by atoms with E-state index in [4.69, 9.17) is 23.2 Å². The fourth-order valence-electron chi connectivity index (χ4n) is 3.83. The average Bonchev–Trinajstić information content (AvgIpc) is 2.98. The second-order valence-corrected chi connectivity index (χ2v) is 8.70. The van der Waals surface area contributed by atoms with Crippen LogP contribution < -0.4 is 5.32 Å². The molecule has 1 N–H and O–H groups in total. The molecule has 29 heavy (non-hydrogen) atoms. The normalized spacial score (nSPS) is 19.0. The Labute approximate surface area is 183 Å². The Morgan fingerprint density at radius 2 is 1.48 bits per heavy atom. The second kappa shape index (κ2) is 11.2. The van der Waals surface area contributed by atoms with Crippen LogP contribution in [0.4, 0.5) is 0 Å². The van der Waals surface area contributed by atoms with E-state index in [0.29, 0.717) is 29.7 Å². The molecule has 0 saturated carbocycles. The molecular formula is C21H30Cl2N4O2. The van der Waals surface area contributed by atoms with Gasteiger partial charge in [-0.15, -0.1) is 0 Å². The molecule has 0 bridgehead atoms. The van der Waals surface area contributed by atoms with Crippen LogP contribution in [-0.4, -0.2) is 78.9 Å². The summed E-state index contributed by atoms with van der Waals surface area (Å²) in [5.41, 5.74) is 0.848. The highest BCUT2D eigenvalue weighted by Gasteiger charge is 2.23. The molecule has 1 aromatic carbocycles. The molecule has 6 nitrogen and oxygen atoms in total. The van der Waals surface area contributed by atoms with E-state index in [9.17, 15) is 9.59 Å². The molecule has 2 fully saturated rings. The van der Waals surface area contributed by atoms with Crippen molar-refractivity contribution in [2.24, 2.45) is 0 Å². The van der Waals surface area contributed by atoms with E-state index in [1.54, 1.807) is 12.1 Å². The summed E-state index contributed by atoms with van der Waals surface area (Å²) >= 11 is 12.0. The lowest BCUT2D eigenvalue weighted by Crippen LogP contribution is -2.52. The molecule has 2 aliphatic rings. The summed E-state index contributed by atoms with van der Waals surface area (Å²) in [4.78, 5) is 31.2. The number of rotatable bonds is 6. The molecule has 0 unspecified atom stereocenters. The van der Waals surface area contributed by atoms with Crippen LogP contribution in [0, 0.1) is 0 Å². The Balaban J connectivity index is 1.35. The van der Waals surface area contributed by atoms with Gasteiger partial charge in [0.2, 0.25) is 11.8 Å². The predicted octanol–water partition coefficient (Wildman–Crippen LogP) is 2.63. The summed E-state index contributed by atoms with van der Waals surface area (Å²) in [6.45, 7) is 6.26. The van der Waals surface area contributed by atoms with Gasteiger partial charge >= 0.3 is 0 Å². The molecule has 0 spiro atoms. The number of amides is 2. The van der Waals surface area contributed by atoms with Crippen molar-refractivity contribution in [3.8, 4) is 0 Å². The number of hydrogen-bond donors (Lipinski definition) is 1. The van der Waals surface area contributed by atoms with Crippen LogP contribution >= 0.6 is 23.2 Å². The van der Waals surface area contributed by atoms with E-state index < -0.39 is 0 Å². The molecule has 2 saturated heterocycles. The van der Waals surface area contributed by atoms with Crippen molar-refractivity contribution >= 4 is 35.0 Å². The molecule has 0 radical (unpaired) electrons. The summed E-state index contributed by atoms with van der Waals surface area (Å²) in [5.74, 6) is 0.225. The van der Waals surface area contributed by atoms with Crippen molar-refractivity contribution in [3.05, 3.63) is 33.8 Å². The molecule has 8 heteroatoms. The Bertz CT molecular complexity index is 700. The van der Waals surface area contributed by atoms with Gasteiger partial charge in [-0.1, -0.05) is 42.1 Å². The zero-order valence-corrected chi connectivity index (χ0v) is 18.4. The summed E-state index contributed by atoms with van der Waals surface area (Å²) < 4.78 is 0. The lowest BCUT2D eigenvalue weighted by molar-refractivity contribution is -0.133. The highest BCUT2D eigenvalue weighted by molar-refractivity contribution is 6.35. The van der Waals surface area contributed by atoms with E-state index >= 15 is 0 Å². The van der Waals surface area contributed by atoms with Crippen LogP contribution in [0.1, 0.15) is 31.2 Å². The van der Waals surface area contributed by atoms with Gasteiger partial charge in [0.15, 0.2) is 0 Å². The third-order valence-electron chi connectivity index (χ3n) is 5.64. The van der Waals surface area contributed by atoms with Crippen LogP contribution in [0.15, 0.2) is 18.2 Å². The molecule has 2 amide bonds. The van der Waals surface area contributed by atoms with Gasteiger partial charge < -0.3 is 10.2 Å². The van der Waals surface area contributed by atoms with E-state index in [1.165, 1.54) is 12.8 Å². The number of piperazine rings is 1. The van der Waals surface area contributed by atoms with Gasteiger partial charge in [0.25, 0.3) is 0 Å². The van der Waals surface area contributed by atoms with Crippen molar-refractivity contribution in [3.63, 3.8) is 0 Å². The zero-order valence-electron chi connectivity index (χ0n) is 16.8. The Morgan fingerprint density at radius 1 is 0.862 bits per heavy atom. The first-order valence-electron chi connectivity index (χ1n) is 10.4. The molecule has 3 rings (SSSR count).